The van der Waals surface area contributed by atoms with Crippen molar-refractivity contribution in [1.82, 2.24) is 34.5 Å². The average molecular weight is 373 g/mol. The molecular formula is C19H15N7O2. The Morgan fingerprint density at radius 3 is 2.71 bits per heavy atom. The van der Waals surface area contributed by atoms with E-state index in [1.807, 2.05) is 59.3 Å². The van der Waals surface area contributed by atoms with Crippen LogP contribution in [0.5, 0.6) is 5.75 Å². The third-order valence-electron chi connectivity index (χ3n) is 4.28. The summed E-state index contributed by atoms with van der Waals surface area (Å²) < 4.78 is 14.1. The van der Waals surface area contributed by atoms with E-state index in [4.69, 9.17) is 9.26 Å². The van der Waals surface area contributed by atoms with Gasteiger partial charge in [-0.1, -0.05) is 28.6 Å². The number of benzene rings is 1. The van der Waals surface area contributed by atoms with Crippen molar-refractivity contribution in [1.29, 1.82) is 0 Å². The van der Waals surface area contributed by atoms with Crippen LogP contribution in [0.25, 0.3) is 28.8 Å². The Hall–Kier alpha value is -4.01. The van der Waals surface area contributed by atoms with Gasteiger partial charge in [0.1, 0.15) is 17.1 Å². The number of rotatable bonds is 5. The van der Waals surface area contributed by atoms with Crippen molar-refractivity contribution < 1.29 is 9.26 Å². The molecule has 0 fully saturated rings. The van der Waals surface area contributed by atoms with Crippen molar-refractivity contribution >= 4 is 5.65 Å². The fourth-order valence-corrected chi connectivity index (χ4v) is 2.87. The lowest BCUT2D eigenvalue weighted by Crippen LogP contribution is -2.00. The Morgan fingerprint density at radius 2 is 1.89 bits per heavy atom. The molecule has 4 heterocycles. The van der Waals surface area contributed by atoms with Crippen molar-refractivity contribution in [3.05, 3.63) is 66.6 Å². The average Bonchev–Trinajstić information content (AvgIpc) is 3.47. The lowest BCUT2D eigenvalue weighted by atomic mass is 10.2. The third-order valence-corrected chi connectivity index (χ3v) is 4.28. The molecule has 0 bridgehead atoms. The summed E-state index contributed by atoms with van der Waals surface area (Å²) in [6, 6.07) is 13.5. The molecule has 9 heteroatoms. The summed E-state index contributed by atoms with van der Waals surface area (Å²) >= 11 is 0. The summed E-state index contributed by atoms with van der Waals surface area (Å²) in [7, 11) is 1.64. The van der Waals surface area contributed by atoms with Crippen LogP contribution in [0.1, 0.15) is 5.56 Å². The van der Waals surface area contributed by atoms with Crippen LogP contribution >= 0.6 is 0 Å². The van der Waals surface area contributed by atoms with Gasteiger partial charge in [0.2, 0.25) is 5.82 Å². The molecule has 0 atom stereocenters. The van der Waals surface area contributed by atoms with Crippen molar-refractivity contribution in [2.24, 2.45) is 0 Å². The van der Waals surface area contributed by atoms with Gasteiger partial charge in [-0.3, -0.25) is 0 Å². The second kappa shape index (κ2) is 6.62. The van der Waals surface area contributed by atoms with Crippen LogP contribution < -0.4 is 4.74 Å². The third kappa shape index (κ3) is 2.98. The van der Waals surface area contributed by atoms with E-state index in [0.29, 0.717) is 29.6 Å². The van der Waals surface area contributed by atoms with E-state index < -0.39 is 0 Å². The van der Waals surface area contributed by atoms with Gasteiger partial charge in [0, 0.05) is 12.4 Å². The molecule has 0 N–H and O–H groups in total. The Bertz CT molecular complexity index is 1200. The molecule has 0 amide bonds. The first-order valence-electron chi connectivity index (χ1n) is 8.60. The van der Waals surface area contributed by atoms with Crippen LogP contribution in [0.15, 0.2) is 65.6 Å². The molecule has 0 saturated heterocycles. The van der Waals surface area contributed by atoms with Crippen LogP contribution in [0.4, 0.5) is 0 Å². The fourth-order valence-electron chi connectivity index (χ4n) is 2.87. The van der Waals surface area contributed by atoms with Crippen LogP contribution in [-0.4, -0.2) is 41.6 Å². The van der Waals surface area contributed by atoms with Gasteiger partial charge in [0.25, 0.3) is 5.89 Å². The molecule has 4 aromatic heterocycles. The van der Waals surface area contributed by atoms with Gasteiger partial charge in [-0.05, 0) is 29.8 Å². The van der Waals surface area contributed by atoms with E-state index in [-0.39, 0.29) is 0 Å². The van der Waals surface area contributed by atoms with Gasteiger partial charge in [0.05, 0.1) is 19.9 Å². The van der Waals surface area contributed by atoms with Gasteiger partial charge in [-0.25, -0.2) is 9.67 Å². The molecule has 0 spiro atoms. The molecule has 5 aromatic rings. The summed E-state index contributed by atoms with van der Waals surface area (Å²) in [5, 5.41) is 12.3. The Balaban J connectivity index is 1.37. The highest BCUT2D eigenvalue weighted by atomic mass is 16.5. The molecule has 5 rings (SSSR count). The molecule has 28 heavy (non-hydrogen) atoms. The maximum absolute atomic E-state index is 5.35. The van der Waals surface area contributed by atoms with Crippen molar-refractivity contribution in [2.45, 2.75) is 6.54 Å². The zero-order valence-corrected chi connectivity index (χ0v) is 14.9. The minimum absolute atomic E-state index is 0.299. The zero-order valence-electron chi connectivity index (χ0n) is 14.9. The van der Waals surface area contributed by atoms with Gasteiger partial charge in [-0.2, -0.15) is 4.98 Å². The van der Waals surface area contributed by atoms with Crippen molar-refractivity contribution in [3.8, 4) is 28.9 Å². The molecule has 0 aliphatic carbocycles. The summed E-state index contributed by atoms with van der Waals surface area (Å²) in [4.78, 5) is 8.89. The molecule has 0 aliphatic rings. The molecular weight excluding hydrogens is 358 g/mol. The first kappa shape index (κ1) is 16.2. The SMILES string of the molecule is COc1ccc(Cn2cc(-c3nc(-c4cn5ccccc5n4)no3)nn2)cc1. The minimum atomic E-state index is 0.299. The predicted molar refractivity (Wildman–Crippen MR) is 99.6 cm³/mol. The molecule has 138 valence electrons. The van der Waals surface area contributed by atoms with E-state index in [2.05, 4.69) is 25.4 Å². The molecule has 1 aromatic carbocycles. The summed E-state index contributed by atoms with van der Waals surface area (Å²) in [5.74, 6) is 1.52. The first-order chi connectivity index (χ1) is 13.8. The maximum Gasteiger partial charge on any atom is 0.280 e. The molecule has 0 aliphatic heterocycles. The highest BCUT2D eigenvalue weighted by molar-refractivity contribution is 5.57. The number of nitrogens with zero attached hydrogens (tertiary/aromatic N) is 7. The summed E-state index contributed by atoms with van der Waals surface area (Å²) in [6.07, 6.45) is 5.53. The van der Waals surface area contributed by atoms with Gasteiger partial charge >= 0.3 is 0 Å². The Morgan fingerprint density at radius 1 is 1.00 bits per heavy atom. The number of aromatic nitrogens is 7. The van der Waals surface area contributed by atoms with Crippen LogP contribution in [0.2, 0.25) is 0 Å². The normalized spacial score (nSPS) is 11.2. The van der Waals surface area contributed by atoms with Crippen LogP contribution in [-0.2, 0) is 6.54 Å². The fraction of sp³-hybridized carbons (Fsp3) is 0.105. The number of hydrogen-bond acceptors (Lipinski definition) is 7. The van der Waals surface area contributed by atoms with E-state index in [1.165, 1.54) is 0 Å². The van der Waals surface area contributed by atoms with E-state index in [1.54, 1.807) is 18.0 Å². The molecule has 9 nitrogen and oxygen atoms in total. The van der Waals surface area contributed by atoms with Gasteiger partial charge in [-0.15, -0.1) is 5.10 Å². The summed E-state index contributed by atoms with van der Waals surface area (Å²) in [6.45, 7) is 0.574. The smallest absolute Gasteiger partial charge is 0.280 e. The minimum Gasteiger partial charge on any atom is -0.497 e. The number of methoxy groups -OCH3 is 1. The maximum atomic E-state index is 5.35. The Kier molecular flexibility index (Phi) is 3.82. The Labute approximate surface area is 159 Å². The van der Waals surface area contributed by atoms with E-state index in [0.717, 1.165) is 17.0 Å². The van der Waals surface area contributed by atoms with Gasteiger partial charge in [0.15, 0.2) is 5.69 Å². The predicted octanol–water partition coefficient (Wildman–Crippen LogP) is 2.70. The quantitative estimate of drug-likeness (QED) is 0.467. The topological polar surface area (TPSA) is 96.2 Å². The van der Waals surface area contributed by atoms with Gasteiger partial charge < -0.3 is 13.7 Å². The highest BCUT2D eigenvalue weighted by Crippen LogP contribution is 2.21. The number of ether oxygens (including phenoxy) is 1. The number of imidazole rings is 1. The zero-order chi connectivity index (χ0) is 18.9. The summed E-state index contributed by atoms with van der Waals surface area (Å²) in [5.41, 5.74) is 3.03. The highest BCUT2D eigenvalue weighted by Gasteiger charge is 2.16. The number of pyridine rings is 1. The lowest BCUT2D eigenvalue weighted by Gasteiger charge is -2.02. The molecule has 0 unspecified atom stereocenters. The first-order valence-corrected chi connectivity index (χ1v) is 8.60. The lowest BCUT2D eigenvalue weighted by molar-refractivity contribution is 0.414. The largest absolute Gasteiger partial charge is 0.497 e. The molecule has 0 radical (unpaired) electrons. The van der Waals surface area contributed by atoms with E-state index in [9.17, 15) is 0 Å². The van der Waals surface area contributed by atoms with E-state index >= 15 is 0 Å². The number of fused-ring (bicyclic) bond motifs is 1. The van der Waals surface area contributed by atoms with Crippen molar-refractivity contribution in [2.75, 3.05) is 7.11 Å². The second-order valence-corrected chi connectivity index (χ2v) is 6.16. The van der Waals surface area contributed by atoms with Crippen LogP contribution in [0.3, 0.4) is 0 Å². The number of hydrogen-bond donors (Lipinski definition) is 0. The van der Waals surface area contributed by atoms with Crippen LogP contribution in [0, 0.1) is 0 Å². The second-order valence-electron chi connectivity index (χ2n) is 6.16. The molecule has 0 saturated carbocycles. The van der Waals surface area contributed by atoms with Crippen molar-refractivity contribution in [3.63, 3.8) is 0 Å². The monoisotopic (exact) mass is 373 g/mol. The standard InChI is InChI=1S/C19H15N7O2/c1-27-14-7-5-13(6-8-14)10-26-12-16(22-24-26)19-21-18(23-28-19)15-11-25-9-3-2-4-17(25)20-15/h2-9,11-12H,10H2,1H3.